The van der Waals surface area contributed by atoms with E-state index >= 15 is 0 Å². The normalized spacial score (nSPS) is 12.9. The predicted octanol–water partition coefficient (Wildman–Crippen LogP) is 5.27. The van der Waals surface area contributed by atoms with E-state index in [0.717, 1.165) is 0 Å². The third kappa shape index (κ3) is 5.86. The fourth-order valence-electron chi connectivity index (χ4n) is 1.23. The second-order valence-corrected chi connectivity index (χ2v) is 9.59. The minimum Gasteiger partial charge on any atom is -0.120 e. The van der Waals surface area contributed by atoms with Crippen LogP contribution >= 0.6 is 23.5 Å². The Morgan fingerprint density at radius 2 is 1.50 bits per heavy atom. The number of rotatable bonds is 2. The summed E-state index contributed by atoms with van der Waals surface area (Å²) in [6.07, 6.45) is 0. The summed E-state index contributed by atoms with van der Waals surface area (Å²) >= 11 is 3.78. The van der Waals surface area contributed by atoms with Crippen molar-refractivity contribution in [3.8, 4) is 0 Å². The lowest BCUT2D eigenvalue weighted by Crippen LogP contribution is -2.07. The highest BCUT2D eigenvalue weighted by molar-refractivity contribution is 8.01. The summed E-state index contributed by atoms with van der Waals surface area (Å²) in [5.41, 5.74) is 0. The summed E-state index contributed by atoms with van der Waals surface area (Å²) in [5.74, 6) is 0. The SMILES string of the molecule is CC(C)(C)Sc1[c]ccc(SC(C)(C)C)c1. The van der Waals surface area contributed by atoms with Gasteiger partial charge in [-0.2, -0.15) is 0 Å². The zero-order valence-corrected chi connectivity index (χ0v) is 12.7. The molecule has 0 aliphatic heterocycles. The molecule has 0 fully saturated rings. The number of hydrogen-bond donors (Lipinski definition) is 0. The molecule has 1 radical (unpaired) electrons. The molecule has 16 heavy (non-hydrogen) atoms. The molecule has 89 valence electrons. The molecule has 0 amide bonds. The highest BCUT2D eigenvalue weighted by atomic mass is 32.2. The molecule has 0 bridgehead atoms. The van der Waals surface area contributed by atoms with Crippen LogP contribution in [0.5, 0.6) is 0 Å². The Hall–Kier alpha value is -0.0800. The van der Waals surface area contributed by atoms with Crippen LogP contribution in [0.15, 0.2) is 28.0 Å². The molecule has 0 aliphatic carbocycles. The summed E-state index contributed by atoms with van der Waals surface area (Å²) < 4.78 is 0.520. The van der Waals surface area contributed by atoms with Crippen molar-refractivity contribution >= 4 is 23.5 Å². The Morgan fingerprint density at radius 1 is 0.938 bits per heavy atom. The van der Waals surface area contributed by atoms with Crippen LogP contribution in [-0.2, 0) is 0 Å². The third-order valence-electron chi connectivity index (χ3n) is 1.59. The first kappa shape index (κ1) is 14.0. The van der Waals surface area contributed by atoms with Gasteiger partial charge in [-0.15, -0.1) is 23.5 Å². The van der Waals surface area contributed by atoms with Crippen LogP contribution in [0.1, 0.15) is 41.5 Å². The molecule has 1 rings (SSSR count). The first-order chi connectivity index (χ1) is 7.16. The lowest BCUT2D eigenvalue weighted by atomic mass is 10.3. The Kier molecular flexibility index (Phi) is 4.42. The van der Waals surface area contributed by atoms with Gasteiger partial charge in [0.15, 0.2) is 0 Å². The zero-order chi connectivity index (χ0) is 12.4. The molecule has 0 saturated carbocycles. The zero-order valence-electron chi connectivity index (χ0n) is 11.0. The molecule has 0 nitrogen and oxygen atoms in total. The van der Waals surface area contributed by atoms with Crippen LogP contribution in [0, 0.1) is 6.07 Å². The Balaban J connectivity index is 2.79. The summed E-state index contributed by atoms with van der Waals surface area (Å²) in [6, 6.07) is 9.71. The maximum Gasteiger partial charge on any atom is 0.0167 e. The lowest BCUT2D eigenvalue weighted by molar-refractivity contribution is 0.800. The molecule has 0 N–H and O–H groups in total. The smallest absolute Gasteiger partial charge is 0.0167 e. The summed E-state index contributed by atoms with van der Waals surface area (Å²) in [7, 11) is 0. The molecule has 0 atom stereocenters. The quantitative estimate of drug-likeness (QED) is 0.659. The molecule has 1 aromatic carbocycles. The van der Waals surface area contributed by atoms with Crippen LogP contribution in [0.4, 0.5) is 0 Å². The number of thioether (sulfide) groups is 2. The molecular formula is C14H21S2. The first-order valence-electron chi connectivity index (χ1n) is 5.55. The second kappa shape index (κ2) is 5.05. The number of hydrogen-bond acceptors (Lipinski definition) is 2. The average molecular weight is 253 g/mol. The van der Waals surface area contributed by atoms with Crippen LogP contribution in [0.3, 0.4) is 0 Å². The van der Waals surface area contributed by atoms with E-state index in [0.29, 0.717) is 0 Å². The lowest BCUT2D eigenvalue weighted by Gasteiger charge is -2.20. The third-order valence-corrected chi connectivity index (χ3v) is 3.76. The fourth-order valence-corrected chi connectivity index (χ4v) is 3.30. The average Bonchev–Trinajstić information content (AvgIpc) is 1.96. The second-order valence-electron chi connectivity index (χ2n) is 5.82. The van der Waals surface area contributed by atoms with Crippen molar-refractivity contribution in [3.05, 3.63) is 24.3 Å². The van der Waals surface area contributed by atoms with Gasteiger partial charge in [0.1, 0.15) is 0 Å². The van der Waals surface area contributed by atoms with Crippen molar-refractivity contribution in [2.75, 3.05) is 0 Å². The minimum absolute atomic E-state index is 0.252. The molecule has 1 aromatic rings. The predicted molar refractivity (Wildman–Crippen MR) is 76.5 cm³/mol. The monoisotopic (exact) mass is 253 g/mol. The Bertz CT molecular complexity index is 311. The van der Waals surface area contributed by atoms with Gasteiger partial charge in [0.05, 0.1) is 0 Å². The van der Waals surface area contributed by atoms with Gasteiger partial charge in [-0.1, -0.05) is 47.6 Å². The molecular weight excluding hydrogens is 232 g/mol. The van der Waals surface area contributed by atoms with Crippen LogP contribution in [-0.4, -0.2) is 9.49 Å². The van der Waals surface area contributed by atoms with Gasteiger partial charge in [-0.05, 0) is 18.2 Å². The Labute approximate surface area is 109 Å². The van der Waals surface area contributed by atoms with Gasteiger partial charge in [0.2, 0.25) is 0 Å². The molecule has 0 unspecified atom stereocenters. The van der Waals surface area contributed by atoms with E-state index in [1.54, 1.807) is 0 Å². The summed E-state index contributed by atoms with van der Waals surface area (Å²) in [4.78, 5) is 2.57. The summed E-state index contributed by atoms with van der Waals surface area (Å²) in [5, 5.41) is 0. The minimum atomic E-state index is 0.252. The van der Waals surface area contributed by atoms with Crippen LogP contribution in [0.2, 0.25) is 0 Å². The molecule has 0 aliphatic rings. The first-order valence-corrected chi connectivity index (χ1v) is 7.19. The van der Waals surface area contributed by atoms with E-state index in [4.69, 9.17) is 0 Å². The van der Waals surface area contributed by atoms with Crippen LogP contribution in [0.25, 0.3) is 0 Å². The van der Waals surface area contributed by atoms with Crippen molar-refractivity contribution in [2.45, 2.75) is 60.8 Å². The van der Waals surface area contributed by atoms with Gasteiger partial charge in [0, 0.05) is 19.3 Å². The van der Waals surface area contributed by atoms with E-state index in [2.05, 4.69) is 59.7 Å². The van der Waals surface area contributed by atoms with Gasteiger partial charge >= 0.3 is 0 Å². The van der Waals surface area contributed by atoms with Crippen molar-refractivity contribution in [2.24, 2.45) is 0 Å². The largest absolute Gasteiger partial charge is 0.120 e. The van der Waals surface area contributed by atoms with Crippen molar-refractivity contribution < 1.29 is 0 Å². The maximum absolute atomic E-state index is 3.30. The van der Waals surface area contributed by atoms with Gasteiger partial charge in [-0.25, -0.2) is 0 Å². The molecule has 0 saturated heterocycles. The molecule has 2 heteroatoms. The maximum atomic E-state index is 3.30. The van der Waals surface area contributed by atoms with Crippen molar-refractivity contribution in [3.63, 3.8) is 0 Å². The van der Waals surface area contributed by atoms with Crippen LogP contribution < -0.4 is 0 Å². The van der Waals surface area contributed by atoms with E-state index in [-0.39, 0.29) is 9.49 Å². The van der Waals surface area contributed by atoms with Gasteiger partial charge in [-0.3, -0.25) is 0 Å². The Morgan fingerprint density at radius 3 is 2.00 bits per heavy atom. The van der Waals surface area contributed by atoms with Gasteiger partial charge < -0.3 is 0 Å². The highest BCUT2D eigenvalue weighted by Crippen LogP contribution is 2.36. The van der Waals surface area contributed by atoms with E-state index < -0.39 is 0 Å². The highest BCUT2D eigenvalue weighted by Gasteiger charge is 2.15. The standard InChI is InChI=1S/C14H21S2/c1-13(2,3)15-11-8-7-9-12(10-11)16-14(4,5)6/h7-8,10H,1-6H3. The van der Waals surface area contributed by atoms with Crippen molar-refractivity contribution in [1.82, 2.24) is 0 Å². The molecule has 0 heterocycles. The number of benzene rings is 1. The van der Waals surface area contributed by atoms with E-state index in [9.17, 15) is 0 Å². The fraction of sp³-hybridized carbons (Fsp3) is 0.571. The van der Waals surface area contributed by atoms with Gasteiger partial charge in [0.25, 0.3) is 0 Å². The van der Waals surface area contributed by atoms with E-state index in [1.165, 1.54) is 9.79 Å². The topological polar surface area (TPSA) is 0 Å². The van der Waals surface area contributed by atoms with E-state index in [1.807, 2.05) is 29.6 Å². The summed E-state index contributed by atoms with van der Waals surface area (Å²) in [6.45, 7) is 13.4. The molecule has 0 aromatic heterocycles. The molecule has 0 spiro atoms. The van der Waals surface area contributed by atoms with Crippen molar-refractivity contribution in [1.29, 1.82) is 0 Å².